The predicted octanol–water partition coefficient (Wildman–Crippen LogP) is 4.69. The highest BCUT2D eigenvalue weighted by Crippen LogP contribution is 2.35. The number of hydrogen-bond acceptors (Lipinski definition) is 7. The van der Waals surface area contributed by atoms with E-state index in [1.54, 1.807) is 24.5 Å². The fraction of sp³-hybridized carbons (Fsp3) is 0.240. The lowest BCUT2D eigenvalue weighted by molar-refractivity contribution is 0.276. The normalized spacial score (nSPS) is 12.3. The second kappa shape index (κ2) is 8.15. The van der Waals surface area contributed by atoms with Crippen LogP contribution in [0.5, 0.6) is 5.75 Å². The fourth-order valence-corrected chi connectivity index (χ4v) is 4.19. The summed E-state index contributed by atoms with van der Waals surface area (Å²) in [6.45, 7) is 6.47. The van der Waals surface area contributed by atoms with Crippen LogP contribution in [0.1, 0.15) is 42.7 Å². The molecule has 0 radical (unpaired) electrons. The minimum atomic E-state index is -0.428. The monoisotopic (exact) mass is 471 g/mol. The number of aryl methyl sites for hydroxylation is 1. The molecule has 0 saturated carbocycles. The Morgan fingerprint density at radius 1 is 1.14 bits per heavy atom. The number of ether oxygens (including phenoxy) is 1. The van der Waals surface area contributed by atoms with E-state index in [1.807, 2.05) is 42.0 Å². The van der Waals surface area contributed by atoms with Crippen molar-refractivity contribution in [3.8, 4) is 34.3 Å². The second-order valence-corrected chi connectivity index (χ2v) is 8.79. The summed E-state index contributed by atoms with van der Waals surface area (Å²) in [6.07, 6.45) is 1.76. The second-order valence-electron chi connectivity index (χ2n) is 8.79. The van der Waals surface area contributed by atoms with Crippen molar-refractivity contribution in [3.05, 3.63) is 77.6 Å². The van der Waals surface area contributed by atoms with Crippen LogP contribution in [0, 0.1) is 12.7 Å². The molecular weight excluding hydrogens is 449 g/mol. The number of aromatic nitrogens is 7. The molecule has 0 aliphatic carbocycles. The van der Waals surface area contributed by atoms with Gasteiger partial charge in [0.25, 0.3) is 0 Å². The van der Waals surface area contributed by atoms with Crippen molar-refractivity contribution in [1.82, 2.24) is 34.5 Å². The van der Waals surface area contributed by atoms with Gasteiger partial charge in [-0.2, -0.15) is 4.98 Å². The maximum Gasteiger partial charge on any atom is 0.229 e. The van der Waals surface area contributed by atoms with Crippen LogP contribution in [0.2, 0.25) is 0 Å². The summed E-state index contributed by atoms with van der Waals surface area (Å²) in [5, 5.41) is 13.0. The van der Waals surface area contributed by atoms with Crippen LogP contribution < -0.4 is 4.74 Å². The molecule has 1 aliphatic rings. The predicted molar refractivity (Wildman–Crippen MR) is 125 cm³/mol. The number of fused-ring (bicyclic) bond motifs is 5. The van der Waals surface area contributed by atoms with Gasteiger partial charge in [0.2, 0.25) is 11.7 Å². The lowest BCUT2D eigenvalue weighted by Crippen LogP contribution is -2.11. The van der Waals surface area contributed by atoms with E-state index >= 15 is 0 Å². The van der Waals surface area contributed by atoms with E-state index in [0.29, 0.717) is 35.6 Å². The Morgan fingerprint density at radius 2 is 2.00 bits per heavy atom. The average Bonchev–Trinajstić information content (AvgIpc) is 3.56. The van der Waals surface area contributed by atoms with Crippen molar-refractivity contribution in [2.24, 2.45) is 0 Å². The largest absolute Gasteiger partial charge is 0.483 e. The molecule has 176 valence electrons. The van der Waals surface area contributed by atoms with Crippen molar-refractivity contribution in [1.29, 1.82) is 0 Å². The van der Waals surface area contributed by atoms with Gasteiger partial charge >= 0.3 is 0 Å². The van der Waals surface area contributed by atoms with E-state index in [9.17, 15) is 4.39 Å². The Morgan fingerprint density at radius 3 is 2.80 bits per heavy atom. The van der Waals surface area contributed by atoms with Crippen molar-refractivity contribution in [2.75, 3.05) is 0 Å². The van der Waals surface area contributed by atoms with Gasteiger partial charge in [-0.05, 0) is 31.2 Å². The van der Waals surface area contributed by atoms with E-state index in [0.717, 1.165) is 22.5 Å². The zero-order chi connectivity index (χ0) is 24.1. The number of rotatable bonds is 5. The number of para-hydroxylation sites is 1. The van der Waals surface area contributed by atoms with Crippen molar-refractivity contribution >= 4 is 0 Å². The van der Waals surface area contributed by atoms with Gasteiger partial charge in [0.1, 0.15) is 18.6 Å². The van der Waals surface area contributed by atoms with Gasteiger partial charge in [-0.3, -0.25) is 4.57 Å². The lowest BCUT2D eigenvalue weighted by Gasteiger charge is -2.10. The molecule has 0 saturated heterocycles. The molecule has 0 amide bonds. The molecule has 10 heteroatoms. The van der Waals surface area contributed by atoms with E-state index in [1.165, 1.54) is 6.07 Å². The van der Waals surface area contributed by atoms with Crippen molar-refractivity contribution in [2.45, 2.75) is 39.8 Å². The summed E-state index contributed by atoms with van der Waals surface area (Å²) in [4.78, 5) is 9.19. The first-order valence-corrected chi connectivity index (χ1v) is 11.3. The highest BCUT2D eigenvalue weighted by molar-refractivity contribution is 5.71. The molecule has 4 heterocycles. The first kappa shape index (κ1) is 21.2. The molecule has 1 aliphatic heterocycles. The van der Waals surface area contributed by atoms with Gasteiger partial charge in [0.15, 0.2) is 23.2 Å². The molecular formula is C25H22FN7O2. The van der Waals surface area contributed by atoms with Crippen molar-refractivity contribution < 1.29 is 13.7 Å². The van der Waals surface area contributed by atoms with Crippen LogP contribution in [0.4, 0.5) is 4.39 Å². The number of benzene rings is 2. The number of hydrogen-bond donors (Lipinski definition) is 0. The minimum Gasteiger partial charge on any atom is -0.483 e. The van der Waals surface area contributed by atoms with E-state index in [2.05, 4.69) is 31.4 Å². The zero-order valence-electron chi connectivity index (χ0n) is 19.4. The topological polar surface area (TPSA) is 96.7 Å². The third kappa shape index (κ3) is 3.58. The summed E-state index contributed by atoms with van der Waals surface area (Å²) < 4.78 is 29.3. The quantitative estimate of drug-likeness (QED) is 0.360. The molecule has 0 atom stereocenters. The molecule has 0 spiro atoms. The number of nitrogens with zero attached hydrogens (tertiary/aromatic N) is 7. The van der Waals surface area contributed by atoms with Gasteiger partial charge in [0.05, 0.1) is 17.9 Å². The van der Waals surface area contributed by atoms with E-state index in [4.69, 9.17) is 9.26 Å². The summed E-state index contributed by atoms with van der Waals surface area (Å²) in [6, 6.07) is 12.4. The fourth-order valence-electron chi connectivity index (χ4n) is 4.19. The summed E-state index contributed by atoms with van der Waals surface area (Å²) >= 11 is 0. The van der Waals surface area contributed by atoms with Crippen LogP contribution in [0.25, 0.3) is 28.6 Å². The molecule has 0 fully saturated rings. The minimum absolute atomic E-state index is 0.0538. The Bertz CT molecular complexity index is 1550. The molecule has 0 N–H and O–H groups in total. The molecule has 9 nitrogen and oxygen atoms in total. The van der Waals surface area contributed by atoms with Gasteiger partial charge < -0.3 is 13.8 Å². The number of halogens is 1. The average molecular weight is 471 g/mol. The lowest BCUT2D eigenvalue weighted by atomic mass is 10.1. The van der Waals surface area contributed by atoms with Gasteiger partial charge in [-0.1, -0.05) is 42.8 Å². The van der Waals surface area contributed by atoms with Gasteiger partial charge in [-0.25, -0.2) is 9.37 Å². The molecule has 6 rings (SSSR count). The molecule has 0 bridgehead atoms. The Hall–Kier alpha value is -4.34. The maximum absolute atomic E-state index is 14.1. The highest BCUT2D eigenvalue weighted by atomic mass is 19.1. The van der Waals surface area contributed by atoms with E-state index in [-0.39, 0.29) is 18.3 Å². The maximum atomic E-state index is 14.1. The van der Waals surface area contributed by atoms with Crippen LogP contribution in [0.15, 0.2) is 53.3 Å². The van der Waals surface area contributed by atoms with Crippen LogP contribution >= 0.6 is 0 Å². The Kier molecular flexibility index (Phi) is 4.94. The smallest absolute Gasteiger partial charge is 0.229 e. The van der Waals surface area contributed by atoms with Crippen LogP contribution in [-0.2, 0) is 13.2 Å². The first-order valence-electron chi connectivity index (χ1n) is 11.3. The highest BCUT2D eigenvalue weighted by Gasteiger charge is 2.28. The van der Waals surface area contributed by atoms with Crippen LogP contribution in [-0.4, -0.2) is 34.5 Å². The Labute approximate surface area is 200 Å². The molecule has 0 unspecified atom stereocenters. The number of imidazole rings is 1. The molecule has 2 aromatic carbocycles. The van der Waals surface area contributed by atoms with Crippen molar-refractivity contribution in [3.63, 3.8) is 0 Å². The standard InChI is InChI=1S/C25H22FN7O2/c1-14(2)25-28-23(31-35-25)22-19-11-32-21(12-34-20-7-5-4-6-17(20)26)29-30-24(32)16-10-15(3)8-9-18(16)33(19)13-27-22/h4-10,13-14H,11-12H2,1-3H3. The third-order valence-corrected chi connectivity index (χ3v) is 6.00. The summed E-state index contributed by atoms with van der Waals surface area (Å²) in [7, 11) is 0. The Balaban J connectivity index is 1.47. The zero-order valence-corrected chi connectivity index (χ0v) is 19.4. The SMILES string of the molecule is Cc1ccc2c(c1)-c1nnc(COc3ccccc3F)n1Cc1c(-c3noc(C(C)C)n3)ncn1-2. The van der Waals surface area contributed by atoms with Crippen LogP contribution in [0.3, 0.4) is 0 Å². The first-order chi connectivity index (χ1) is 17.0. The van der Waals surface area contributed by atoms with Gasteiger partial charge in [0, 0.05) is 11.5 Å². The third-order valence-electron chi connectivity index (χ3n) is 6.00. The van der Waals surface area contributed by atoms with E-state index < -0.39 is 5.82 Å². The van der Waals surface area contributed by atoms with Gasteiger partial charge in [-0.15, -0.1) is 10.2 Å². The molecule has 5 aromatic rings. The molecule has 3 aromatic heterocycles. The summed E-state index contributed by atoms with van der Waals surface area (Å²) in [5.41, 5.74) is 4.40. The summed E-state index contributed by atoms with van der Waals surface area (Å²) in [5.74, 6) is 2.07. The molecule has 35 heavy (non-hydrogen) atoms.